The summed E-state index contributed by atoms with van der Waals surface area (Å²) in [6, 6.07) is 16.9. The fourth-order valence-electron chi connectivity index (χ4n) is 3.77. The van der Waals surface area contributed by atoms with Crippen molar-refractivity contribution >= 4 is 16.9 Å². The monoisotopic (exact) mass is 365 g/mol. The number of rotatable bonds is 6. The van der Waals surface area contributed by atoms with Gasteiger partial charge in [0.1, 0.15) is 0 Å². The first-order valence-corrected chi connectivity index (χ1v) is 9.43. The summed E-state index contributed by atoms with van der Waals surface area (Å²) in [5.74, 6) is 0. The lowest BCUT2D eigenvalue weighted by Crippen LogP contribution is -2.18. The SMILES string of the molecule is C=C/C=C1\C(=C)C(C)(C)c2cc(N(/C(C=C)=C/C=C)c3ccccc3)ccc21. The maximum absolute atomic E-state index is 4.36. The smallest absolute Gasteiger partial charge is 0.0465 e. The number of fused-ring (bicyclic) bond motifs is 1. The molecule has 0 fully saturated rings. The Morgan fingerprint density at radius 2 is 1.64 bits per heavy atom. The summed E-state index contributed by atoms with van der Waals surface area (Å²) in [6.45, 7) is 20.5. The normalized spacial score (nSPS) is 16.6. The number of hydrogen-bond acceptors (Lipinski definition) is 1. The van der Waals surface area contributed by atoms with Gasteiger partial charge in [0.15, 0.2) is 0 Å². The van der Waals surface area contributed by atoms with Crippen LogP contribution in [-0.4, -0.2) is 0 Å². The molecule has 0 saturated carbocycles. The van der Waals surface area contributed by atoms with Gasteiger partial charge in [-0.1, -0.05) is 82.7 Å². The minimum Gasteiger partial charge on any atom is -0.311 e. The van der Waals surface area contributed by atoms with Gasteiger partial charge in [-0.25, -0.2) is 0 Å². The molecule has 0 bridgehead atoms. The standard InChI is InChI=1S/C27H27N/c1-7-13-21(9-3)28(22-15-11-10-12-16-22)23-17-18-25-24(14-8-2)20(4)27(5,6)26(25)19-23/h7-19H,1-4H2,5-6H3/b21-13+,24-14+. The molecule has 28 heavy (non-hydrogen) atoms. The molecule has 0 aromatic heterocycles. The number of hydrogen-bond donors (Lipinski definition) is 0. The van der Waals surface area contributed by atoms with Crippen molar-refractivity contribution in [3.05, 3.63) is 128 Å². The molecular formula is C27H27N. The third-order valence-corrected chi connectivity index (χ3v) is 5.36. The minimum absolute atomic E-state index is 0.140. The first kappa shape index (κ1) is 19.4. The quantitative estimate of drug-likeness (QED) is 0.479. The molecule has 140 valence electrons. The van der Waals surface area contributed by atoms with E-state index in [9.17, 15) is 0 Å². The van der Waals surface area contributed by atoms with E-state index in [1.54, 1.807) is 6.08 Å². The number of anilines is 2. The zero-order valence-electron chi connectivity index (χ0n) is 16.8. The molecule has 3 rings (SSSR count). The van der Waals surface area contributed by atoms with Crippen LogP contribution in [0.5, 0.6) is 0 Å². The van der Waals surface area contributed by atoms with Crippen LogP contribution in [0.15, 0.2) is 116 Å². The highest BCUT2D eigenvalue weighted by Gasteiger charge is 2.37. The highest BCUT2D eigenvalue weighted by Crippen LogP contribution is 2.50. The Morgan fingerprint density at radius 3 is 2.25 bits per heavy atom. The molecule has 0 radical (unpaired) electrons. The second-order valence-electron chi connectivity index (χ2n) is 7.35. The van der Waals surface area contributed by atoms with Crippen molar-refractivity contribution in [2.45, 2.75) is 19.3 Å². The molecular weight excluding hydrogens is 338 g/mol. The van der Waals surface area contributed by atoms with Crippen molar-refractivity contribution in [1.29, 1.82) is 0 Å². The zero-order valence-corrected chi connectivity index (χ0v) is 16.8. The molecule has 0 aliphatic heterocycles. The molecule has 0 amide bonds. The van der Waals surface area contributed by atoms with Gasteiger partial charge in [-0.2, -0.15) is 0 Å². The minimum atomic E-state index is -0.140. The third kappa shape index (κ3) is 3.20. The summed E-state index contributed by atoms with van der Waals surface area (Å²) < 4.78 is 0. The van der Waals surface area contributed by atoms with Gasteiger partial charge in [-0.3, -0.25) is 0 Å². The van der Waals surface area contributed by atoms with Crippen LogP contribution in [0.2, 0.25) is 0 Å². The van der Waals surface area contributed by atoms with Gasteiger partial charge >= 0.3 is 0 Å². The summed E-state index contributed by atoms with van der Waals surface area (Å²) in [5, 5.41) is 0. The molecule has 1 aliphatic carbocycles. The van der Waals surface area contributed by atoms with E-state index in [0.29, 0.717) is 0 Å². The van der Waals surface area contributed by atoms with Gasteiger partial charge in [-0.05, 0) is 58.7 Å². The Kier molecular flexibility index (Phi) is 5.37. The highest BCUT2D eigenvalue weighted by atomic mass is 15.1. The van der Waals surface area contributed by atoms with E-state index in [0.717, 1.165) is 22.6 Å². The van der Waals surface area contributed by atoms with Gasteiger partial charge in [0, 0.05) is 22.5 Å². The number of benzene rings is 2. The van der Waals surface area contributed by atoms with Crippen LogP contribution in [0.4, 0.5) is 11.4 Å². The Hall–Kier alpha value is -3.32. The summed E-state index contributed by atoms with van der Waals surface area (Å²) in [7, 11) is 0. The molecule has 0 atom stereocenters. The summed E-state index contributed by atoms with van der Waals surface area (Å²) in [5.41, 5.74) is 7.77. The fraction of sp³-hybridized carbons (Fsp3) is 0.111. The maximum Gasteiger partial charge on any atom is 0.0465 e. The van der Waals surface area contributed by atoms with E-state index in [-0.39, 0.29) is 5.41 Å². The van der Waals surface area contributed by atoms with Gasteiger partial charge < -0.3 is 4.90 Å². The van der Waals surface area contributed by atoms with Gasteiger partial charge in [-0.15, -0.1) is 0 Å². The van der Waals surface area contributed by atoms with Crippen LogP contribution in [0.25, 0.3) is 5.57 Å². The molecule has 0 N–H and O–H groups in total. The Labute approximate surface area is 169 Å². The lowest BCUT2D eigenvalue weighted by Gasteiger charge is -2.28. The number of allylic oxidation sites excluding steroid dienone is 7. The van der Waals surface area contributed by atoms with Crippen molar-refractivity contribution in [2.24, 2.45) is 0 Å². The van der Waals surface area contributed by atoms with E-state index in [2.05, 4.69) is 81.5 Å². The van der Waals surface area contributed by atoms with E-state index < -0.39 is 0 Å². The summed E-state index contributed by atoms with van der Waals surface area (Å²) in [4.78, 5) is 2.20. The van der Waals surface area contributed by atoms with Gasteiger partial charge in [0.25, 0.3) is 0 Å². The maximum atomic E-state index is 4.36. The average Bonchev–Trinajstić information content (AvgIpc) is 2.89. The average molecular weight is 366 g/mol. The highest BCUT2D eigenvalue weighted by molar-refractivity contribution is 5.91. The van der Waals surface area contributed by atoms with Crippen LogP contribution in [0.3, 0.4) is 0 Å². The molecule has 0 heterocycles. The molecule has 1 heteroatoms. The van der Waals surface area contributed by atoms with Crippen LogP contribution >= 0.6 is 0 Å². The van der Waals surface area contributed by atoms with Crippen LogP contribution in [0, 0.1) is 0 Å². The first-order valence-electron chi connectivity index (χ1n) is 9.43. The lowest BCUT2D eigenvalue weighted by molar-refractivity contribution is 0.663. The second-order valence-corrected chi connectivity index (χ2v) is 7.35. The van der Waals surface area contributed by atoms with Gasteiger partial charge in [0.2, 0.25) is 0 Å². The lowest BCUT2D eigenvalue weighted by atomic mass is 9.83. The fourth-order valence-corrected chi connectivity index (χ4v) is 3.77. The first-order chi connectivity index (χ1) is 13.5. The summed E-state index contributed by atoms with van der Waals surface area (Å²) >= 11 is 0. The van der Waals surface area contributed by atoms with Crippen LogP contribution in [0.1, 0.15) is 25.0 Å². The molecule has 0 unspecified atom stereocenters. The van der Waals surface area contributed by atoms with E-state index in [1.165, 1.54) is 16.7 Å². The molecule has 2 aromatic rings. The topological polar surface area (TPSA) is 3.24 Å². The Morgan fingerprint density at radius 1 is 0.929 bits per heavy atom. The Bertz CT molecular complexity index is 1000. The molecule has 2 aromatic carbocycles. The van der Waals surface area contributed by atoms with Crippen molar-refractivity contribution in [1.82, 2.24) is 0 Å². The molecule has 1 aliphatic rings. The van der Waals surface area contributed by atoms with E-state index >= 15 is 0 Å². The number of para-hydroxylation sites is 1. The third-order valence-electron chi connectivity index (χ3n) is 5.36. The van der Waals surface area contributed by atoms with E-state index in [4.69, 9.17) is 0 Å². The molecule has 0 saturated heterocycles. The van der Waals surface area contributed by atoms with Crippen molar-refractivity contribution in [3.63, 3.8) is 0 Å². The van der Waals surface area contributed by atoms with Gasteiger partial charge in [0.05, 0.1) is 0 Å². The van der Waals surface area contributed by atoms with Crippen molar-refractivity contribution in [2.75, 3.05) is 4.90 Å². The number of nitrogens with zero attached hydrogens (tertiary/aromatic N) is 1. The Balaban J connectivity index is 2.23. The second kappa shape index (κ2) is 7.74. The zero-order chi connectivity index (χ0) is 20.3. The molecule has 1 nitrogen and oxygen atoms in total. The van der Waals surface area contributed by atoms with Crippen molar-refractivity contribution < 1.29 is 0 Å². The largest absolute Gasteiger partial charge is 0.311 e. The predicted molar refractivity (Wildman–Crippen MR) is 124 cm³/mol. The van der Waals surface area contributed by atoms with Crippen LogP contribution < -0.4 is 4.90 Å². The van der Waals surface area contributed by atoms with Crippen LogP contribution in [-0.2, 0) is 5.41 Å². The summed E-state index contributed by atoms with van der Waals surface area (Å²) in [6.07, 6.45) is 9.50. The van der Waals surface area contributed by atoms with E-state index in [1.807, 2.05) is 36.4 Å². The predicted octanol–water partition coefficient (Wildman–Crippen LogP) is 7.50. The molecule has 0 spiro atoms. The van der Waals surface area contributed by atoms with Crippen molar-refractivity contribution in [3.8, 4) is 0 Å².